The number of fused-ring (bicyclic) bond motifs is 1. The zero-order valence-corrected chi connectivity index (χ0v) is 20.2. The van der Waals surface area contributed by atoms with E-state index < -0.39 is 0 Å². The Balaban J connectivity index is 1.47. The van der Waals surface area contributed by atoms with E-state index in [0.717, 1.165) is 27.8 Å². The Labute approximate surface area is 198 Å². The second kappa shape index (κ2) is 8.91. The first-order valence-corrected chi connectivity index (χ1v) is 11.2. The van der Waals surface area contributed by atoms with Crippen molar-refractivity contribution in [3.8, 4) is 17.2 Å². The fourth-order valence-electron chi connectivity index (χ4n) is 3.64. The second-order valence-corrected chi connectivity index (χ2v) is 9.66. The van der Waals surface area contributed by atoms with E-state index in [1.54, 1.807) is 12.1 Å². The van der Waals surface area contributed by atoms with Crippen molar-refractivity contribution in [1.29, 1.82) is 0 Å². The minimum absolute atomic E-state index is 0.0594. The number of hydrogen-bond donors (Lipinski definition) is 1. The summed E-state index contributed by atoms with van der Waals surface area (Å²) in [6.45, 7) is 10.3. The molecule has 0 radical (unpaired) electrons. The highest BCUT2D eigenvalue weighted by molar-refractivity contribution is 6.33. The van der Waals surface area contributed by atoms with Crippen LogP contribution in [0.2, 0.25) is 5.02 Å². The molecule has 4 aromatic rings. The van der Waals surface area contributed by atoms with Gasteiger partial charge in [0.15, 0.2) is 12.2 Å². The largest absolute Gasteiger partial charge is 0.484 e. The third-order valence-corrected chi connectivity index (χ3v) is 5.73. The Morgan fingerprint density at radius 2 is 1.79 bits per heavy atom. The highest BCUT2D eigenvalue weighted by atomic mass is 35.5. The summed E-state index contributed by atoms with van der Waals surface area (Å²) in [5, 5.41) is 3.24. The summed E-state index contributed by atoms with van der Waals surface area (Å²) in [6.07, 6.45) is 0. The van der Waals surface area contributed by atoms with Crippen molar-refractivity contribution in [2.75, 3.05) is 11.9 Å². The number of hydrogen-bond acceptors (Lipinski definition) is 4. The average molecular weight is 463 g/mol. The number of oxazole rings is 1. The normalized spacial score (nSPS) is 11.6. The number of nitrogens with zero attached hydrogens (tertiary/aromatic N) is 1. The Bertz CT molecular complexity index is 1320. The lowest BCUT2D eigenvalue weighted by Gasteiger charge is -2.19. The van der Waals surface area contributed by atoms with E-state index in [4.69, 9.17) is 20.8 Å². The van der Waals surface area contributed by atoms with Crippen LogP contribution >= 0.6 is 11.6 Å². The predicted octanol–water partition coefficient (Wildman–Crippen LogP) is 7.08. The lowest BCUT2D eigenvalue weighted by Crippen LogP contribution is -2.20. The van der Waals surface area contributed by atoms with Gasteiger partial charge in [-0.25, -0.2) is 4.98 Å². The molecule has 6 heteroatoms. The van der Waals surface area contributed by atoms with Crippen LogP contribution in [-0.2, 0) is 10.2 Å². The minimum atomic E-state index is -0.307. The first kappa shape index (κ1) is 22.9. The van der Waals surface area contributed by atoms with Gasteiger partial charge >= 0.3 is 0 Å². The number of ether oxygens (including phenoxy) is 1. The number of benzene rings is 3. The van der Waals surface area contributed by atoms with Gasteiger partial charge in [-0.15, -0.1) is 0 Å². The van der Waals surface area contributed by atoms with E-state index in [2.05, 4.69) is 37.1 Å². The van der Waals surface area contributed by atoms with Crippen molar-refractivity contribution in [3.05, 3.63) is 76.3 Å². The number of halogens is 1. The molecule has 1 heterocycles. The maximum absolute atomic E-state index is 12.5. The number of carbonyl (C=O) groups is 1. The van der Waals surface area contributed by atoms with Crippen LogP contribution in [0.25, 0.3) is 22.6 Å². The Hall–Kier alpha value is -3.31. The van der Waals surface area contributed by atoms with Crippen molar-refractivity contribution in [1.82, 2.24) is 4.98 Å². The molecule has 4 rings (SSSR count). The van der Waals surface area contributed by atoms with Crippen molar-refractivity contribution < 1.29 is 13.9 Å². The molecule has 0 spiro atoms. The van der Waals surface area contributed by atoms with E-state index in [0.29, 0.717) is 22.4 Å². The maximum atomic E-state index is 12.5. The first-order valence-electron chi connectivity index (χ1n) is 10.8. The number of rotatable bonds is 5. The summed E-state index contributed by atoms with van der Waals surface area (Å²) in [5.41, 5.74) is 6.16. The molecule has 1 amide bonds. The van der Waals surface area contributed by atoms with Crippen molar-refractivity contribution in [3.63, 3.8) is 0 Å². The molecule has 0 bridgehead atoms. The summed E-state index contributed by atoms with van der Waals surface area (Å²) >= 11 is 6.32. The van der Waals surface area contributed by atoms with Gasteiger partial charge in [-0.3, -0.25) is 4.79 Å². The van der Waals surface area contributed by atoms with E-state index in [1.807, 2.05) is 50.2 Å². The van der Waals surface area contributed by atoms with Crippen molar-refractivity contribution in [2.45, 2.75) is 40.0 Å². The zero-order chi connectivity index (χ0) is 23.8. The van der Waals surface area contributed by atoms with E-state index in [9.17, 15) is 4.79 Å². The molecule has 0 aliphatic heterocycles. The van der Waals surface area contributed by atoms with Gasteiger partial charge in [0.05, 0.1) is 10.7 Å². The fraction of sp³-hybridized carbons (Fsp3) is 0.259. The van der Waals surface area contributed by atoms with E-state index >= 15 is 0 Å². The number of aromatic nitrogens is 1. The molecule has 0 aliphatic carbocycles. The van der Waals surface area contributed by atoms with Gasteiger partial charge in [0.1, 0.15) is 11.3 Å². The molecule has 0 unspecified atom stereocenters. The first-order chi connectivity index (χ1) is 15.6. The summed E-state index contributed by atoms with van der Waals surface area (Å²) < 4.78 is 11.6. The minimum Gasteiger partial charge on any atom is -0.484 e. The van der Waals surface area contributed by atoms with Crippen molar-refractivity contribution >= 4 is 34.3 Å². The number of aryl methyl sites for hydroxylation is 2. The topological polar surface area (TPSA) is 64.4 Å². The fourth-order valence-corrected chi connectivity index (χ4v) is 3.81. The molecular formula is C27H27ClN2O3. The third-order valence-electron chi connectivity index (χ3n) is 5.40. The average Bonchev–Trinajstić information content (AvgIpc) is 3.18. The SMILES string of the molecule is Cc1cc(C)c2oc(-c3ccc(Cl)c(NC(=O)COc4ccc(C(C)(C)C)cc4)c3)nc2c1. The van der Waals surface area contributed by atoms with Crippen LogP contribution in [0.15, 0.2) is 59.0 Å². The molecule has 5 nitrogen and oxygen atoms in total. The van der Waals surface area contributed by atoms with Crippen LogP contribution in [0.4, 0.5) is 5.69 Å². The summed E-state index contributed by atoms with van der Waals surface area (Å²) in [6, 6.07) is 17.1. The smallest absolute Gasteiger partial charge is 0.262 e. The molecule has 1 N–H and O–H groups in total. The standard InChI is InChI=1S/C27H27ClN2O3/c1-16-12-17(2)25-23(13-16)30-26(33-25)18-6-11-21(28)22(14-18)29-24(31)15-32-20-9-7-19(8-10-20)27(3,4)5/h6-14H,15H2,1-5H3,(H,29,31). The quantitative estimate of drug-likeness (QED) is 0.344. The Morgan fingerprint density at radius 1 is 1.06 bits per heavy atom. The molecule has 1 aromatic heterocycles. The van der Waals surface area contributed by atoms with Gasteiger partial charge in [-0.1, -0.05) is 50.6 Å². The van der Waals surface area contributed by atoms with Crippen LogP contribution in [0.1, 0.15) is 37.5 Å². The van der Waals surface area contributed by atoms with Gasteiger partial charge in [-0.2, -0.15) is 0 Å². The van der Waals surface area contributed by atoms with Crippen LogP contribution < -0.4 is 10.1 Å². The van der Waals surface area contributed by atoms with Crippen LogP contribution in [-0.4, -0.2) is 17.5 Å². The second-order valence-electron chi connectivity index (χ2n) is 9.25. The maximum Gasteiger partial charge on any atom is 0.262 e. The molecule has 0 saturated heterocycles. The number of anilines is 1. The molecule has 170 valence electrons. The van der Waals surface area contributed by atoms with Crippen LogP contribution in [0, 0.1) is 13.8 Å². The predicted molar refractivity (Wildman–Crippen MR) is 133 cm³/mol. The van der Waals surface area contributed by atoms with Crippen LogP contribution in [0.5, 0.6) is 5.75 Å². The molecule has 0 atom stereocenters. The highest BCUT2D eigenvalue weighted by Gasteiger charge is 2.15. The van der Waals surface area contributed by atoms with E-state index in [-0.39, 0.29) is 17.9 Å². The molecule has 0 saturated carbocycles. The molecule has 0 aliphatic rings. The molecular weight excluding hydrogens is 436 g/mol. The van der Waals surface area contributed by atoms with Gasteiger partial charge < -0.3 is 14.5 Å². The summed E-state index contributed by atoms with van der Waals surface area (Å²) in [4.78, 5) is 17.1. The number of amides is 1. The lowest BCUT2D eigenvalue weighted by atomic mass is 9.87. The lowest BCUT2D eigenvalue weighted by molar-refractivity contribution is -0.118. The summed E-state index contributed by atoms with van der Waals surface area (Å²) in [7, 11) is 0. The van der Waals surface area contributed by atoms with Gasteiger partial charge in [0.25, 0.3) is 5.91 Å². The third kappa shape index (κ3) is 5.20. The van der Waals surface area contributed by atoms with E-state index in [1.165, 1.54) is 5.56 Å². The van der Waals surface area contributed by atoms with Crippen LogP contribution in [0.3, 0.4) is 0 Å². The highest BCUT2D eigenvalue weighted by Crippen LogP contribution is 2.32. The number of nitrogens with one attached hydrogen (secondary N) is 1. The number of carbonyl (C=O) groups excluding carboxylic acids is 1. The monoisotopic (exact) mass is 462 g/mol. The van der Waals surface area contributed by atoms with Gasteiger partial charge in [-0.05, 0) is 72.4 Å². The van der Waals surface area contributed by atoms with Crippen molar-refractivity contribution in [2.24, 2.45) is 0 Å². The molecule has 3 aromatic carbocycles. The Kier molecular flexibility index (Phi) is 6.17. The molecule has 33 heavy (non-hydrogen) atoms. The zero-order valence-electron chi connectivity index (χ0n) is 19.5. The van der Waals surface area contributed by atoms with Gasteiger partial charge in [0, 0.05) is 5.56 Å². The Morgan fingerprint density at radius 3 is 2.48 bits per heavy atom. The van der Waals surface area contributed by atoms with Gasteiger partial charge in [0.2, 0.25) is 5.89 Å². The summed E-state index contributed by atoms with van der Waals surface area (Å²) in [5.74, 6) is 0.800. The molecule has 0 fully saturated rings.